The largest absolute Gasteiger partial charge is 0.496 e. The van der Waals surface area contributed by atoms with E-state index in [1.165, 1.54) is 18.2 Å². The van der Waals surface area contributed by atoms with E-state index in [-0.39, 0.29) is 11.7 Å². The van der Waals surface area contributed by atoms with Gasteiger partial charge in [0.2, 0.25) is 5.91 Å². The fourth-order valence-electron chi connectivity index (χ4n) is 2.48. The maximum Gasteiger partial charge on any atom is 0.232 e. The third-order valence-electron chi connectivity index (χ3n) is 3.67. The summed E-state index contributed by atoms with van der Waals surface area (Å²) < 4.78 is 18.6. The predicted molar refractivity (Wildman–Crippen MR) is 87.6 cm³/mol. The number of amides is 1. The monoisotopic (exact) mass is 340 g/mol. The second-order valence-electron chi connectivity index (χ2n) is 5.31. The van der Waals surface area contributed by atoms with Crippen LogP contribution in [0.15, 0.2) is 48.5 Å². The Bertz CT molecular complexity index is 854. The highest BCUT2D eigenvalue weighted by Crippen LogP contribution is 2.25. The number of anilines is 1. The van der Waals surface area contributed by atoms with Crippen LogP contribution in [0.25, 0.3) is 0 Å². The quantitative estimate of drug-likeness (QED) is 0.737. The lowest BCUT2D eigenvalue weighted by atomic mass is 9.97. The van der Waals surface area contributed by atoms with Gasteiger partial charge in [0, 0.05) is 11.5 Å². The summed E-state index contributed by atoms with van der Waals surface area (Å²) in [5.74, 6) is -0.716. The van der Waals surface area contributed by atoms with E-state index in [2.05, 4.69) is 25.9 Å². The number of nitrogens with one attached hydrogen (secondary N) is 1. The van der Waals surface area contributed by atoms with Crippen molar-refractivity contribution >= 4 is 11.6 Å². The van der Waals surface area contributed by atoms with E-state index in [4.69, 9.17) is 4.74 Å². The van der Waals surface area contributed by atoms with Crippen molar-refractivity contribution in [3.8, 4) is 5.75 Å². The third kappa shape index (κ3) is 3.97. The van der Waals surface area contributed by atoms with Crippen molar-refractivity contribution < 1.29 is 13.9 Å². The molecule has 7 nitrogen and oxygen atoms in total. The lowest BCUT2D eigenvalue weighted by Crippen LogP contribution is -2.24. The van der Waals surface area contributed by atoms with Crippen LogP contribution in [0.3, 0.4) is 0 Å². The van der Waals surface area contributed by atoms with Crippen LogP contribution in [0.5, 0.6) is 5.75 Å². The number of aromatic nitrogens is 4. The summed E-state index contributed by atoms with van der Waals surface area (Å²) in [6.07, 6.45) is 0.290. The van der Waals surface area contributed by atoms with Crippen LogP contribution >= 0.6 is 0 Å². The Labute approximate surface area is 143 Å². The molecule has 128 valence electrons. The Morgan fingerprint density at radius 1 is 1.28 bits per heavy atom. The van der Waals surface area contributed by atoms with E-state index in [9.17, 15) is 9.18 Å². The van der Waals surface area contributed by atoms with Gasteiger partial charge in [0.25, 0.3) is 0 Å². The molecule has 0 bridgehead atoms. The number of carbonyl (C=O) groups is 1. The van der Waals surface area contributed by atoms with Gasteiger partial charge in [-0.25, -0.2) is 4.39 Å². The van der Waals surface area contributed by atoms with Crippen LogP contribution in [0, 0.1) is 5.82 Å². The van der Waals surface area contributed by atoms with Gasteiger partial charge in [-0.3, -0.25) is 15.1 Å². The first-order chi connectivity index (χ1) is 12.2. The molecule has 0 aliphatic rings. The number of halogens is 1. The van der Waals surface area contributed by atoms with E-state index in [0.717, 1.165) is 5.56 Å². The number of benzene rings is 2. The minimum Gasteiger partial charge on any atom is -0.496 e. The molecular formula is C17H15FN5O2-. The highest BCUT2D eigenvalue weighted by atomic mass is 19.1. The van der Waals surface area contributed by atoms with Gasteiger partial charge >= 0.3 is 0 Å². The number of hydrogen-bond donors (Lipinski definition) is 1. The van der Waals surface area contributed by atoms with Crippen molar-refractivity contribution in [2.45, 2.75) is 12.3 Å². The summed E-state index contributed by atoms with van der Waals surface area (Å²) in [5.41, 5.74) is 1.16. The van der Waals surface area contributed by atoms with Crippen LogP contribution in [-0.4, -0.2) is 28.5 Å². The molecule has 1 aromatic heterocycles. The topological polar surface area (TPSA) is 91.1 Å². The molecule has 0 radical (unpaired) electrons. The Morgan fingerprint density at radius 2 is 2.12 bits per heavy atom. The van der Waals surface area contributed by atoms with Crippen molar-refractivity contribution in [2.24, 2.45) is 0 Å². The molecule has 8 heteroatoms. The van der Waals surface area contributed by atoms with Gasteiger partial charge in [-0.05, 0) is 36.2 Å². The van der Waals surface area contributed by atoms with Gasteiger partial charge < -0.3 is 15.2 Å². The van der Waals surface area contributed by atoms with Crippen LogP contribution < -0.4 is 15.2 Å². The van der Waals surface area contributed by atoms with Crippen molar-refractivity contribution in [3.63, 3.8) is 0 Å². The zero-order valence-electron chi connectivity index (χ0n) is 13.4. The Morgan fingerprint density at radius 3 is 2.84 bits per heavy atom. The van der Waals surface area contributed by atoms with Gasteiger partial charge in [-0.15, -0.1) is 0 Å². The highest BCUT2D eigenvalue weighted by molar-refractivity contribution is 5.95. The molecule has 0 spiro atoms. The molecule has 3 aromatic rings. The van der Waals surface area contributed by atoms with Gasteiger partial charge in [0.05, 0.1) is 13.0 Å². The van der Waals surface area contributed by atoms with Crippen molar-refractivity contribution in [1.82, 2.24) is 20.6 Å². The summed E-state index contributed by atoms with van der Waals surface area (Å²) in [7, 11) is 1.56. The highest BCUT2D eigenvalue weighted by Gasteiger charge is 2.22. The smallest absolute Gasteiger partial charge is 0.232 e. The van der Waals surface area contributed by atoms with Crippen LogP contribution in [-0.2, 0) is 11.2 Å². The molecule has 0 fully saturated rings. The number of methoxy groups -OCH3 is 1. The molecule has 1 amide bonds. The summed E-state index contributed by atoms with van der Waals surface area (Å²) in [6.45, 7) is 0. The second-order valence-corrected chi connectivity index (χ2v) is 5.31. The number of rotatable bonds is 6. The molecule has 0 aliphatic heterocycles. The first kappa shape index (κ1) is 16.6. The zero-order valence-corrected chi connectivity index (χ0v) is 13.4. The average Bonchev–Trinajstić information content (AvgIpc) is 3.14. The molecule has 0 unspecified atom stereocenters. The minimum absolute atomic E-state index is 0.194. The summed E-state index contributed by atoms with van der Waals surface area (Å²) >= 11 is 0. The number of tetrazole rings is 1. The molecule has 1 N–H and O–H groups in total. The van der Waals surface area contributed by atoms with Gasteiger partial charge in [0.1, 0.15) is 11.6 Å². The van der Waals surface area contributed by atoms with E-state index in [1.54, 1.807) is 19.2 Å². The Kier molecular flexibility index (Phi) is 4.98. The lowest BCUT2D eigenvalue weighted by Gasteiger charge is -2.18. The van der Waals surface area contributed by atoms with E-state index < -0.39 is 11.7 Å². The molecule has 25 heavy (non-hydrogen) atoms. The van der Waals surface area contributed by atoms with Crippen LogP contribution in [0.4, 0.5) is 10.1 Å². The third-order valence-corrected chi connectivity index (χ3v) is 3.67. The SMILES string of the molecule is COc1ccccc1C[C@@H](C(=O)Nc1cccc(F)c1)c1nnn[n-]1. The van der Waals surface area contributed by atoms with Gasteiger partial charge in [-0.2, -0.15) is 5.21 Å². The number of para-hydroxylation sites is 1. The summed E-state index contributed by atoms with van der Waals surface area (Å²) in [5, 5.41) is 17.2. The number of ether oxygens (including phenoxy) is 1. The van der Waals surface area contributed by atoms with Crippen molar-refractivity contribution in [1.29, 1.82) is 0 Å². The average molecular weight is 340 g/mol. The molecule has 0 aliphatic carbocycles. The van der Waals surface area contributed by atoms with Crippen molar-refractivity contribution in [2.75, 3.05) is 12.4 Å². The van der Waals surface area contributed by atoms with E-state index >= 15 is 0 Å². The number of nitrogens with zero attached hydrogens (tertiary/aromatic N) is 4. The molecule has 0 saturated carbocycles. The van der Waals surface area contributed by atoms with Crippen LogP contribution in [0.2, 0.25) is 0 Å². The summed E-state index contributed by atoms with van der Waals surface area (Å²) in [6, 6.07) is 13.0. The standard InChI is InChI=1S/C17H16FN5O2/c1-25-15-8-3-2-5-11(15)9-14(16-20-22-23-21-16)17(24)19-13-7-4-6-12(18)10-13/h2-8,10,14H,9H2,1H3,(H2,19,20,21,22,23,24)/p-1/t14-/m1/s1. The molecule has 0 saturated heterocycles. The number of hydrogen-bond acceptors (Lipinski definition) is 5. The van der Waals surface area contributed by atoms with Crippen molar-refractivity contribution in [3.05, 3.63) is 65.7 Å². The molecule has 3 rings (SSSR count). The fraction of sp³-hybridized carbons (Fsp3) is 0.176. The molecular weight excluding hydrogens is 325 g/mol. The molecule has 1 heterocycles. The second kappa shape index (κ2) is 7.52. The number of carbonyl (C=O) groups excluding carboxylic acids is 1. The zero-order chi connectivity index (χ0) is 17.6. The van der Waals surface area contributed by atoms with Crippen LogP contribution in [0.1, 0.15) is 17.3 Å². The predicted octanol–water partition coefficient (Wildman–Crippen LogP) is 1.94. The molecule has 2 aromatic carbocycles. The maximum atomic E-state index is 13.3. The maximum absolute atomic E-state index is 13.3. The Balaban J connectivity index is 1.86. The Hall–Kier alpha value is -3.29. The van der Waals surface area contributed by atoms with E-state index in [0.29, 0.717) is 17.9 Å². The normalized spacial score (nSPS) is 11.8. The van der Waals surface area contributed by atoms with Gasteiger partial charge in [0.15, 0.2) is 0 Å². The summed E-state index contributed by atoms with van der Waals surface area (Å²) in [4.78, 5) is 12.7. The first-order valence-electron chi connectivity index (χ1n) is 7.54. The van der Waals surface area contributed by atoms with Gasteiger partial charge in [-0.1, -0.05) is 24.3 Å². The molecule has 1 atom stereocenters. The fourth-order valence-corrected chi connectivity index (χ4v) is 2.48. The minimum atomic E-state index is -0.741. The first-order valence-corrected chi connectivity index (χ1v) is 7.54. The van der Waals surface area contributed by atoms with E-state index in [1.807, 2.05) is 18.2 Å². The lowest BCUT2D eigenvalue weighted by molar-refractivity contribution is -0.117.